The van der Waals surface area contributed by atoms with Gasteiger partial charge in [-0.2, -0.15) is 4.57 Å². The average molecular weight is 232 g/mol. The number of rotatable bonds is 3. The van der Waals surface area contributed by atoms with Gasteiger partial charge in [0.15, 0.2) is 0 Å². The Bertz CT molecular complexity index is 265. The van der Waals surface area contributed by atoms with Crippen LogP contribution < -0.4 is 0 Å². The molecular weight excluding hydrogens is 222 g/mol. The second kappa shape index (κ2) is 6.67. The van der Waals surface area contributed by atoms with Crippen molar-refractivity contribution in [1.29, 1.82) is 0 Å². The summed E-state index contributed by atoms with van der Waals surface area (Å²) in [6.45, 7) is 2.79. The number of carbonyl (C=O) groups excluding carboxylic acids is 3. The molecule has 0 bridgehead atoms. The van der Waals surface area contributed by atoms with Crippen LogP contribution in [0.25, 0.3) is 0 Å². The van der Waals surface area contributed by atoms with Gasteiger partial charge in [0.05, 0.1) is 0 Å². The fraction of sp³-hybridized carbons (Fsp3) is 0.500. The zero-order chi connectivity index (χ0) is 11.4. The van der Waals surface area contributed by atoms with Crippen LogP contribution in [0, 0.1) is 0 Å². The van der Waals surface area contributed by atoms with E-state index < -0.39 is 25.7 Å². The minimum absolute atomic E-state index is 0. The Labute approximate surface area is 98.2 Å². The van der Waals surface area contributed by atoms with Crippen molar-refractivity contribution in [2.24, 2.45) is 0 Å². The van der Waals surface area contributed by atoms with Crippen LogP contribution in [0.4, 0.5) is 0 Å². The van der Waals surface area contributed by atoms with E-state index in [1.54, 1.807) is 0 Å². The Morgan fingerprint density at radius 3 is 1.13 bits per heavy atom. The van der Waals surface area contributed by atoms with E-state index in [-0.39, 0.29) is 18.9 Å². The van der Waals surface area contributed by atoms with Crippen LogP contribution in [-0.2, 0) is 32.5 Å². The van der Waals surface area contributed by atoms with Crippen LogP contribution in [0.1, 0.15) is 20.8 Å². The van der Waals surface area contributed by atoms with Crippen molar-refractivity contribution in [2.45, 2.75) is 20.8 Å². The van der Waals surface area contributed by atoms with Gasteiger partial charge in [0.1, 0.15) is 0 Å². The molecule has 15 heavy (non-hydrogen) atoms. The second-order valence-electron chi connectivity index (χ2n) is 2.20. The third kappa shape index (κ3) is 8.25. The molecule has 0 radical (unpaired) electrons. The van der Waals surface area contributed by atoms with Crippen molar-refractivity contribution in [3.63, 3.8) is 0 Å². The zero-order valence-electron chi connectivity index (χ0n) is 7.80. The molecule has 0 aliphatic rings. The molecule has 0 unspecified atom stereocenters. The number of hydrogen-bond acceptors (Lipinski definition) is 7. The van der Waals surface area contributed by atoms with Gasteiger partial charge < -0.3 is 13.6 Å². The van der Waals surface area contributed by atoms with Gasteiger partial charge in [0.25, 0.3) is 0 Å². The third-order valence-corrected chi connectivity index (χ3v) is 2.16. The van der Waals surface area contributed by atoms with Crippen LogP contribution in [-0.4, -0.2) is 36.8 Å². The van der Waals surface area contributed by atoms with Crippen molar-refractivity contribution in [3.8, 4) is 0 Å². The van der Waals surface area contributed by atoms with Crippen LogP contribution >= 0.6 is 7.82 Å². The summed E-state index contributed by atoms with van der Waals surface area (Å²) >= 11 is 0. The van der Waals surface area contributed by atoms with E-state index in [1.165, 1.54) is 0 Å². The van der Waals surface area contributed by atoms with Gasteiger partial charge in [-0.05, 0) is 0 Å². The molecule has 82 valence electrons. The Morgan fingerprint density at radius 1 is 0.800 bits per heavy atom. The molecular formula is C6H10LiO7P. The van der Waals surface area contributed by atoms with E-state index in [2.05, 4.69) is 13.6 Å². The summed E-state index contributed by atoms with van der Waals surface area (Å²) < 4.78 is 23.6. The minimum atomic E-state index is -4.44. The standard InChI is InChI=1S/C6H9O7P.Li.H/c1-4(7)11-14(10,12-5(2)8)13-6(3)9;;/h1-3H3;;. The molecule has 0 aliphatic heterocycles. The molecule has 0 saturated carbocycles. The number of hydrogen-bond donors (Lipinski definition) is 0. The van der Waals surface area contributed by atoms with E-state index in [4.69, 9.17) is 0 Å². The molecule has 0 saturated heterocycles. The van der Waals surface area contributed by atoms with Gasteiger partial charge in [-0.15, -0.1) is 0 Å². The van der Waals surface area contributed by atoms with Crippen LogP contribution in [0.3, 0.4) is 0 Å². The van der Waals surface area contributed by atoms with Gasteiger partial charge in [-0.3, -0.25) is 14.4 Å². The summed E-state index contributed by atoms with van der Waals surface area (Å²) in [5.74, 6) is -2.97. The van der Waals surface area contributed by atoms with E-state index in [0.717, 1.165) is 20.8 Å². The van der Waals surface area contributed by atoms with Crippen LogP contribution in [0.2, 0.25) is 0 Å². The fourth-order valence-electron chi connectivity index (χ4n) is 0.528. The van der Waals surface area contributed by atoms with Crippen LogP contribution in [0.5, 0.6) is 0 Å². The molecule has 7 nitrogen and oxygen atoms in total. The SMILES string of the molecule is CC(=O)OP(=O)(OC(C)=O)OC(C)=O.[LiH]. The van der Waals surface area contributed by atoms with E-state index in [0.29, 0.717) is 0 Å². The first-order valence-electron chi connectivity index (χ1n) is 3.46. The van der Waals surface area contributed by atoms with Crippen molar-refractivity contribution in [1.82, 2.24) is 0 Å². The molecule has 0 rings (SSSR count). The normalized spacial score (nSPS) is 9.53. The van der Waals surface area contributed by atoms with E-state index in [1.807, 2.05) is 0 Å². The maximum absolute atomic E-state index is 11.3. The second-order valence-corrected chi connectivity index (χ2v) is 3.64. The molecule has 0 aliphatic carbocycles. The molecule has 0 aromatic carbocycles. The number of phosphoric acid groups is 1. The Hall–Kier alpha value is -0.763. The quantitative estimate of drug-likeness (QED) is 0.504. The predicted molar refractivity (Wildman–Crippen MR) is 50.1 cm³/mol. The molecule has 0 atom stereocenters. The van der Waals surface area contributed by atoms with Gasteiger partial charge in [-0.1, -0.05) is 0 Å². The van der Waals surface area contributed by atoms with Crippen molar-refractivity contribution < 1.29 is 32.5 Å². The Morgan fingerprint density at radius 2 is 1.00 bits per heavy atom. The number of carbonyl (C=O) groups is 3. The van der Waals surface area contributed by atoms with E-state index in [9.17, 15) is 18.9 Å². The average Bonchev–Trinajstić information content (AvgIpc) is 1.76. The van der Waals surface area contributed by atoms with Crippen molar-refractivity contribution >= 4 is 44.6 Å². The Kier molecular flexibility index (Phi) is 7.41. The van der Waals surface area contributed by atoms with Gasteiger partial charge in [-0.25, -0.2) is 0 Å². The topological polar surface area (TPSA) is 96.0 Å². The summed E-state index contributed by atoms with van der Waals surface area (Å²) in [5.41, 5.74) is 0. The fourth-order valence-corrected chi connectivity index (χ4v) is 1.58. The summed E-state index contributed by atoms with van der Waals surface area (Å²) in [6, 6.07) is 0. The molecule has 0 N–H and O–H groups in total. The van der Waals surface area contributed by atoms with Crippen LogP contribution in [0.15, 0.2) is 0 Å². The molecule has 0 amide bonds. The monoisotopic (exact) mass is 232 g/mol. The Balaban J connectivity index is 0. The first-order chi connectivity index (χ1) is 6.25. The summed E-state index contributed by atoms with van der Waals surface area (Å²) in [6.07, 6.45) is 0. The van der Waals surface area contributed by atoms with Crippen molar-refractivity contribution in [2.75, 3.05) is 0 Å². The molecule has 0 heterocycles. The molecule has 0 fully saturated rings. The summed E-state index contributed by atoms with van der Waals surface area (Å²) in [4.78, 5) is 31.3. The first kappa shape index (κ1) is 16.7. The third-order valence-electron chi connectivity index (χ3n) is 0.721. The molecule has 0 aromatic rings. The van der Waals surface area contributed by atoms with Gasteiger partial charge in [0.2, 0.25) is 0 Å². The summed E-state index contributed by atoms with van der Waals surface area (Å²) in [7, 11) is -4.44. The molecule has 0 aromatic heterocycles. The molecule has 9 heteroatoms. The van der Waals surface area contributed by atoms with Crippen molar-refractivity contribution in [3.05, 3.63) is 0 Å². The zero-order valence-corrected chi connectivity index (χ0v) is 8.70. The van der Waals surface area contributed by atoms with E-state index >= 15 is 0 Å². The summed E-state index contributed by atoms with van der Waals surface area (Å²) in [5, 5.41) is 0. The molecule has 0 spiro atoms. The number of phosphoric ester groups is 1. The van der Waals surface area contributed by atoms with Gasteiger partial charge in [0, 0.05) is 20.8 Å². The van der Waals surface area contributed by atoms with Gasteiger partial charge >= 0.3 is 44.6 Å². The first-order valence-corrected chi connectivity index (χ1v) is 4.92. The predicted octanol–water partition coefficient (Wildman–Crippen LogP) is 0.135. The maximum atomic E-state index is 11.3.